The normalized spacial score (nSPS) is 25.2. The monoisotopic (exact) mass is 301 g/mol. The fourth-order valence-electron chi connectivity index (χ4n) is 2.21. The molecule has 3 atom stereocenters. The van der Waals surface area contributed by atoms with Gasteiger partial charge in [0.25, 0.3) is 0 Å². The van der Waals surface area contributed by atoms with E-state index in [1.54, 1.807) is 0 Å². The van der Waals surface area contributed by atoms with Crippen molar-refractivity contribution in [2.75, 3.05) is 18.5 Å². The summed E-state index contributed by atoms with van der Waals surface area (Å²) in [5.41, 5.74) is -0.661. The van der Waals surface area contributed by atoms with Crippen molar-refractivity contribution in [1.82, 2.24) is 9.55 Å². The summed E-state index contributed by atoms with van der Waals surface area (Å²) in [6.07, 6.45) is 0.429. The molecule has 0 bridgehead atoms. The predicted octanol–water partition coefficient (Wildman–Crippen LogP) is 0.235. The van der Waals surface area contributed by atoms with Crippen LogP contribution in [0.4, 0.5) is 10.2 Å². The molecule has 118 valence electrons. The van der Waals surface area contributed by atoms with Gasteiger partial charge in [0.2, 0.25) is 0 Å². The van der Waals surface area contributed by atoms with E-state index >= 15 is 0 Å². The maximum Gasteiger partial charge on any atom is 0.351 e. The van der Waals surface area contributed by atoms with E-state index in [1.807, 2.05) is 6.92 Å². The highest BCUT2D eigenvalue weighted by atomic mass is 19.1. The molecular formula is C13H20FN3O4. The number of rotatable bonds is 6. The second-order valence-electron chi connectivity index (χ2n) is 5.02. The van der Waals surface area contributed by atoms with E-state index in [1.165, 1.54) is 0 Å². The Morgan fingerprint density at radius 3 is 3.00 bits per heavy atom. The number of unbranched alkanes of at least 4 members (excludes halogenated alkanes) is 1. The van der Waals surface area contributed by atoms with Crippen molar-refractivity contribution in [1.29, 1.82) is 0 Å². The molecule has 1 saturated heterocycles. The third-order valence-electron chi connectivity index (χ3n) is 3.42. The fourth-order valence-corrected chi connectivity index (χ4v) is 2.21. The zero-order valence-electron chi connectivity index (χ0n) is 11.8. The Bertz CT molecular complexity index is 537. The summed E-state index contributed by atoms with van der Waals surface area (Å²) in [6.45, 7) is 2.18. The second-order valence-corrected chi connectivity index (χ2v) is 5.02. The van der Waals surface area contributed by atoms with Gasteiger partial charge in [0, 0.05) is 13.0 Å². The Morgan fingerprint density at radius 1 is 1.62 bits per heavy atom. The zero-order chi connectivity index (χ0) is 15.4. The minimum Gasteiger partial charge on any atom is -0.394 e. The van der Waals surface area contributed by atoms with Crippen LogP contribution in [0.1, 0.15) is 32.4 Å². The van der Waals surface area contributed by atoms with Crippen LogP contribution in [-0.2, 0) is 4.74 Å². The molecule has 8 heteroatoms. The van der Waals surface area contributed by atoms with Crippen LogP contribution in [0, 0.1) is 5.82 Å². The summed E-state index contributed by atoms with van der Waals surface area (Å²) < 4.78 is 20.3. The number of anilines is 1. The molecule has 2 rings (SSSR count). The van der Waals surface area contributed by atoms with Crippen LogP contribution in [0.2, 0.25) is 0 Å². The second kappa shape index (κ2) is 6.97. The molecule has 2 heterocycles. The van der Waals surface area contributed by atoms with Crippen molar-refractivity contribution < 1.29 is 19.3 Å². The molecule has 0 unspecified atom stereocenters. The van der Waals surface area contributed by atoms with Crippen molar-refractivity contribution in [3.05, 3.63) is 22.5 Å². The first-order valence-electron chi connectivity index (χ1n) is 7.03. The van der Waals surface area contributed by atoms with Gasteiger partial charge in [-0.2, -0.15) is 4.98 Å². The Labute approximate surface area is 121 Å². The molecule has 1 aliphatic rings. The number of aromatic nitrogens is 2. The summed E-state index contributed by atoms with van der Waals surface area (Å²) in [5.74, 6) is -0.738. The van der Waals surface area contributed by atoms with Gasteiger partial charge in [-0.3, -0.25) is 4.57 Å². The zero-order valence-corrected chi connectivity index (χ0v) is 11.8. The molecule has 7 nitrogen and oxygen atoms in total. The average molecular weight is 301 g/mol. The standard InChI is InChI=1S/C13H20FN3O4/c1-2-3-4-15-12-8(14)6-17(13(20)16-12)11-5-9(19)10(7-18)21-11/h6,9-11,18-19H,2-5,7H2,1H3,(H,15,16,20)/t9-,10+,11+/m0/s1. The van der Waals surface area contributed by atoms with Crippen LogP contribution in [0.5, 0.6) is 0 Å². The van der Waals surface area contributed by atoms with E-state index in [4.69, 9.17) is 9.84 Å². The lowest BCUT2D eigenvalue weighted by molar-refractivity contribution is -0.0461. The number of nitrogens with one attached hydrogen (secondary N) is 1. The van der Waals surface area contributed by atoms with Crippen LogP contribution < -0.4 is 11.0 Å². The highest BCUT2D eigenvalue weighted by molar-refractivity contribution is 5.33. The van der Waals surface area contributed by atoms with Crippen molar-refractivity contribution >= 4 is 5.82 Å². The minimum atomic E-state index is -0.891. The molecule has 21 heavy (non-hydrogen) atoms. The average Bonchev–Trinajstić information content (AvgIpc) is 2.83. The molecule has 0 saturated carbocycles. The fraction of sp³-hybridized carbons (Fsp3) is 0.692. The van der Waals surface area contributed by atoms with Gasteiger partial charge in [-0.1, -0.05) is 13.3 Å². The van der Waals surface area contributed by atoms with Gasteiger partial charge in [0.1, 0.15) is 12.3 Å². The van der Waals surface area contributed by atoms with Gasteiger partial charge in [-0.25, -0.2) is 9.18 Å². The van der Waals surface area contributed by atoms with Crippen LogP contribution in [0.15, 0.2) is 11.0 Å². The molecular weight excluding hydrogens is 281 g/mol. The SMILES string of the molecule is CCCCNc1nc(=O)n([C@H]2C[C@H](O)[C@@H](CO)O2)cc1F. The molecule has 3 N–H and O–H groups in total. The maximum atomic E-state index is 13.9. The molecule has 1 aromatic rings. The lowest BCUT2D eigenvalue weighted by Crippen LogP contribution is -2.29. The van der Waals surface area contributed by atoms with Gasteiger partial charge in [-0.15, -0.1) is 0 Å². The van der Waals surface area contributed by atoms with Crippen molar-refractivity contribution in [2.24, 2.45) is 0 Å². The van der Waals surface area contributed by atoms with Crippen LogP contribution >= 0.6 is 0 Å². The lowest BCUT2D eigenvalue weighted by Gasteiger charge is -2.15. The molecule has 0 aliphatic carbocycles. The van der Waals surface area contributed by atoms with Crippen molar-refractivity contribution in [3.8, 4) is 0 Å². The number of halogens is 1. The third kappa shape index (κ3) is 3.58. The summed E-state index contributed by atoms with van der Waals surface area (Å²) in [6, 6.07) is 0. The van der Waals surface area contributed by atoms with E-state index in [0.717, 1.165) is 23.6 Å². The van der Waals surface area contributed by atoms with Crippen LogP contribution in [0.25, 0.3) is 0 Å². The summed E-state index contributed by atoms with van der Waals surface area (Å²) in [5, 5.41) is 21.4. The predicted molar refractivity (Wildman–Crippen MR) is 73.5 cm³/mol. The number of aliphatic hydroxyl groups excluding tert-OH is 2. The Morgan fingerprint density at radius 2 is 2.38 bits per heavy atom. The van der Waals surface area contributed by atoms with E-state index < -0.39 is 29.9 Å². The summed E-state index contributed by atoms with van der Waals surface area (Å²) in [4.78, 5) is 15.6. The molecule has 1 aromatic heterocycles. The molecule has 0 spiro atoms. The largest absolute Gasteiger partial charge is 0.394 e. The van der Waals surface area contributed by atoms with Gasteiger partial charge >= 0.3 is 5.69 Å². The van der Waals surface area contributed by atoms with Gasteiger partial charge < -0.3 is 20.3 Å². The van der Waals surface area contributed by atoms with Gasteiger partial charge in [0.05, 0.1) is 18.9 Å². The van der Waals surface area contributed by atoms with Crippen LogP contribution in [0.3, 0.4) is 0 Å². The number of hydrogen-bond acceptors (Lipinski definition) is 6. The lowest BCUT2D eigenvalue weighted by atomic mass is 10.2. The quantitative estimate of drug-likeness (QED) is 0.651. The number of ether oxygens (including phenoxy) is 1. The summed E-state index contributed by atoms with van der Waals surface area (Å²) in [7, 11) is 0. The van der Waals surface area contributed by atoms with Gasteiger partial charge in [-0.05, 0) is 6.42 Å². The molecule has 1 fully saturated rings. The van der Waals surface area contributed by atoms with Crippen LogP contribution in [-0.4, -0.2) is 45.1 Å². The highest BCUT2D eigenvalue weighted by Crippen LogP contribution is 2.27. The smallest absolute Gasteiger partial charge is 0.351 e. The summed E-state index contributed by atoms with van der Waals surface area (Å²) >= 11 is 0. The van der Waals surface area contributed by atoms with E-state index in [9.17, 15) is 14.3 Å². The molecule has 0 aromatic carbocycles. The third-order valence-corrected chi connectivity index (χ3v) is 3.42. The van der Waals surface area contributed by atoms with Crippen molar-refractivity contribution in [3.63, 3.8) is 0 Å². The number of aliphatic hydroxyl groups is 2. The van der Waals surface area contributed by atoms with E-state index in [2.05, 4.69) is 10.3 Å². The van der Waals surface area contributed by atoms with Gasteiger partial charge in [0.15, 0.2) is 11.6 Å². The minimum absolute atomic E-state index is 0.0815. The molecule has 0 radical (unpaired) electrons. The Balaban J connectivity index is 2.15. The first kappa shape index (κ1) is 15.9. The van der Waals surface area contributed by atoms with E-state index in [0.29, 0.717) is 6.54 Å². The Kier molecular flexibility index (Phi) is 5.27. The molecule has 1 aliphatic heterocycles. The first-order valence-corrected chi connectivity index (χ1v) is 7.03. The Hall–Kier alpha value is -1.51. The highest BCUT2D eigenvalue weighted by Gasteiger charge is 2.35. The van der Waals surface area contributed by atoms with Crippen molar-refractivity contribution in [2.45, 2.75) is 44.6 Å². The molecule has 0 amide bonds. The maximum absolute atomic E-state index is 13.9. The number of nitrogens with zero attached hydrogens (tertiary/aromatic N) is 2. The first-order chi connectivity index (χ1) is 10.1. The number of hydrogen-bond donors (Lipinski definition) is 3. The van der Waals surface area contributed by atoms with E-state index in [-0.39, 0.29) is 18.8 Å². The topological polar surface area (TPSA) is 96.6 Å².